The summed E-state index contributed by atoms with van der Waals surface area (Å²) < 4.78 is 34.0. The zero-order valence-corrected chi connectivity index (χ0v) is 36.3. The van der Waals surface area contributed by atoms with Crippen molar-refractivity contribution < 1.29 is 8.85 Å². The van der Waals surface area contributed by atoms with Gasteiger partial charge in [-0.1, -0.05) is 129 Å². The van der Waals surface area contributed by atoms with Gasteiger partial charge >= 0.3 is 0 Å². The molecule has 5 heteroatoms. The molecule has 9 rings (SSSR count). The monoisotopic (exact) mass is 791 g/mol. The van der Waals surface area contributed by atoms with Crippen LogP contribution in [0.1, 0.15) is 88.7 Å². The third-order valence-electron chi connectivity index (χ3n) is 11.9. The van der Waals surface area contributed by atoms with Crippen LogP contribution in [-0.4, -0.2) is 16.2 Å². The van der Waals surface area contributed by atoms with E-state index in [1.165, 1.54) is 28.7 Å². The van der Waals surface area contributed by atoms with Gasteiger partial charge in [-0.2, -0.15) is 0 Å². The number of benzene rings is 6. The maximum Gasteiger partial charge on any atom is 0.138 e. The summed E-state index contributed by atoms with van der Waals surface area (Å²) >= 11 is 0. The lowest BCUT2D eigenvalue weighted by molar-refractivity contribution is 0.479. The van der Waals surface area contributed by atoms with Gasteiger partial charge in [-0.3, -0.25) is 4.57 Å². The molecule has 0 unspecified atom stereocenters. The molecule has 0 spiro atoms. The Bertz CT molecular complexity index is 2990. The first-order valence-electron chi connectivity index (χ1n) is 22.5. The van der Waals surface area contributed by atoms with E-state index in [1.807, 2.05) is 54.6 Å². The molecule has 8 aromatic rings. The lowest BCUT2D eigenvalue weighted by Gasteiger charge is -2.29. The van der Waals surface area contributed by atoms with E-state index in [2.05, 4.69) is 162 Å². The molecular formula is C55H56N4O. The number of rotatable bonds is 6. The second-order valence-corrected chi connectivity index (χ2v) is 19.3. The Balaban J connectivity index is 1.14. The molecule has 0 N–H and O–H groups in total. The lowest BCUT2D eigenvalue weighted by Crippen LogP contribution is -2.26. The van der Waals surface area contributed by atoms with Crippen molar-refractivity contribution in [2.24, 2.45) is 0 Å². The summed E-state index contributed by atoms with van der Waals surface area (Å²) in [5.74, 6) is 2.05. The minimum Gasteiger partial charge on any atom is -0.457 e. The minimum atomic E-state index is -2.33. The summed E-state index contributed by atoms with van der Waals surface area (Å²) in [6, 6.07) is 48.5. The van der Waals surface area contributed by atoms with Gasteiger partial charge < -0.3 is 14.5 Å². The predicted molar refractivity (Wildman–Crippen MR) is 253 cm³/mol. The van der Waals surface area contributed by atoms with Gasteiger partial charge in [0, 0.05) is 44.6 Å². The van der Waals surface area contributed by atoms with Gasteiger partial charge in [0.15, 0.2) is 0 Å². The van der Waals surface area contributed by atoms with Crippen LogP contribution < -0.4 is 14.5 Å². The highest BCUT2D eigenvalue weighted by molar-refractivity contribution is 6.09. The van der Waals surface area contributed by atoms with Gasteiger partial charge in [-0.05, 0) is 117 Å². The van der Waals surface area contributed by atoms with Crippen molar-refractivity contribution in [2.45, 2.75) is 85.4 Å². The molecule has 5 nitrogen and oxygen atoms in total. The Kier molecular flexibility index (Phi) is 8.57. The van der Waals surface area contributed by atoms with Crippen LogP contribution in [-0.2, 0) is 16.2 Å². The second kappa shape index (κ2) is 14.4. The van der Waals surface area contributed by atoms with Crippen LogP contribution in [0, 0.1) is 6.85 Å². The van der Waals surface area contributed by atoms with Crippen LogP contribution in [0.25, 0.3) is 38.8 Å². The molecule has 0 bridgehead atoms. The molecule has 1 aliphatic heterocycles. The van der Waals surface area contributed by atoms with Gasteiger partial charge in [0.2, 0.25) is 0 Å². The molecule has 0 aliphatic carbocycles. The molecule has 1 aliphatic rings. The average molecular weight is 792 g/mol. The third-order valence-corrected chi connectivity index (χ3v) is 11.9. The Labute approximate surface area is 360 Å². The summed E-state index contributed by atoms with van der Waals surface area (Å²) in [7, 11) is 0. The zero-order valence-electron chi connectivity index (χ0n) is 39.3. The van der Waals surface area contributed by atoms with Crippen molar-refractivity contribution in [1.82, 2.24) is 9.55 Å². The maximum atomic E-state index is 8.33. The van der Waals surface area contributed by atoms with E-state index in [9.17, 15) is 0 Å². The maximum absolute atomic E-state index is 8.33. The fourth-order valence-electron chi connectivity index (χ4n) is 8.34. The van der Waals surface area contributed by atoms with Crippen molar-refractivity contribution in [2.75, 3.05) is 16.5 Å². The number of anilines is 4. The molecule has 0 radical (unpaired) electrons. The fourth-order valence-corrected chi connectivity index (χ4v) is 8.34. The van der Waals surface area contributed by atoms with Crippen molar-refractivity contribution >= 4 is 44.6 Å². The molecule has 3 heterocycles. The highest BCUT2D eigenvalue weighted by atomic mass is 16.5. The SMILES string of the molecule is [2H]C([2H])([2H])c1cnc(-n2c3ccccc3c3ccc(Oc4cc(N5CN(c6cc(C(C)(C)C)cc(C(C)(C)C)c6)c6ccccc65)cc(C(C)(C)C)c4)cc32)cc1-c1ccccc1. The van der Waals surface area contributed by atoms with Crippen molar-refractivity contribution in [3.8, 4) is 28.4 Å². The van der Waals surface area contributed by atoms with Gasteiger partial charge in [0.05, 0.1) is 22.4 Å². The van der Waals surface area contributed by atoms with E-state index in [0.29, 0.717) is 23.8 Å². The Morgan fingerprint density at radius 2 is 1.10 bits per heavy atom. The summed E-state index contributed by atoms with van der Waals surface area (Å²) in [4.78, 5) is 9.66. The summed E-state index contributed by atoms with van der Waals surface area (Å²) in [6.07, 6.45) is 1.51. The standard InChI is InChI=1S/C55H56N4O/c1-36-34-56-52(33-47(36)37-18-12-11-13-19-37)59-48-21-15-14-20-45(48)46-25-24-43(32-51(46)59)60-44-30-40(55(8,9)10)29-42(31-44)58-35-57(49-22-16-17-23-50(49)58)41-27-38(53(2,3)4)26-39(28-41)54(5,6)7/h11-34H,35H2,1-10H3/i1D3. The molecular weight excluding hydrogens is 733 g/mol. The molecule has 0 saturated heterocycles. The number of pyridine rings is 1. The topological polar surface area (TPSA) is 33.5 Å². The van der Waals surface area contributed by atoms with Crippen molar-refractivity contribution in [1.29, 1.82) is 0 Å². The van der Waals surface area contributed by atoms with E-state index >= 15 is 0 Å². The van der Waals surface area contributed by atoms with Crippen LogP contribution in [0.4, 0.5) is 22.7 Å². The summed E-state index contributed by atoms with van der Waals surface area (Å²) in [5, 5.41) is 2.11. The smallest absolute Gasteiger partial charge is 0.138 e. The zero-order chi connectivity index (χ0) is 44.6. The first-order chi connectivity index (χ1) is 29.7. The number of para-hydroxylation sites is 3. The molecule has 0 amide bonds. The Morgan fingerprint density at radius 1 is 0.533 bits per heavy atom. The van der Waals surface area contributed by atoms with E-state index < -0.39 is 6.85 Å². The normalized spacial score (nSPS) is 14.3. The lowest BCUT2D eigenvalue weighted by atomic mass is 9.80. The highest BCUT2D eigenvalue weighted by Gasteiger charge is 2.31. The van der Waals surface area contributed by atoms with E-state index in [-0.39, 0.29) is 21.8 Å². The van der Waals surface area contributed by atoms with Crippen molar-refractivity contribution in [3.05, 3.63) is 168 Å². The Morgan fingerprint density at radius 3 is 1.73 bits per heavy atom. The fraction of sp³-hybridized carbons (Fsp3) is 0.255. The molecule has 60 heavy (non-hydrogen) atoms. The number of hydrogen-bond donors (Lipinski definition) is 0. The number of ether oxygens (including phenoxy) is 1. The van der Waals surface area contributed by atoms with Gasteiger partial charge in [-0.25, -0.2) is 4.98 Å². The summed E-state index contributed by atoms with van der Waals surface area (Å²) in [5.41, 5.74) is 11.7. The van der Waals surface area contributed by atoms with E-state index in [0.717, 1.165) is 50.1 Å². The first-order valence-corrected chi connectivity index (χ1v) is 21.0. The van der Waals surface area contributed by atoms with Gasteiger partial charge in [0.25, 0.3) is 0 Å². The molecule has 302 valence electrons. The third kappa shape index (κ3) is 7.21. The number of hydrogen-bond acceptors (Lipinski definition) is 4. The molecule has 0 atom stereocenters. The molecule has 0 saturated carbocycles. The van der Waals surface area contributed by atoms with E-state index in [1.54, 1.807) is 0 Å². The van der Waals surface area contributed by atoms with Crippen LogP contribution in [0.2, 0.25) is 0 Å². The van der Waals surface area contributed by atoms with Gasteiger partial charge in [-0.15, -0.1) is 0 Å². The van der Waals surface area contributed by atoms with Crippen LogP contribution in [0.5, 0.6) is 11.5 Å². The molecule has 6 aromatic carbocycles. The van der Waals surface area contributed by atoms with Crippen LogP contribution in [0.15, 0.2) is 146 Å². The number of fused-ring (bicyclic) bond motifs is 4. The van der Waals surface area contributed by atoms with E-state index in [4.69, 9.17) is 13.8 Å². The number of nitrogens with zero attached hydrogens (tertiary/aromatic N) is 4. The summed E-state index contributed by atoms with van der Waals surface area (Å²) in [6.45, 7) is 18.8. The first kappa shape index (κ1) is 35.6. The van der Waals surface area contributed by atoms with Crippen molar-refractivity contribution in [3.63, 3.8) is 0 Å². The average Bonchev–Trinajstić information content (AvgIpc) is 3.78. The molecule has 0 fully saturated rings. The highest BCUT2D eigenvalue weighted by Crippen LogP contribution is 2.47. The predicted octanol–water partition coefficient (Wildman–Crippen LogP) is 15.1. The van der Waals surface area contributed by atoms with Crippen LogP contribution >= 0.6 is 0 Å². The molecule has 2 aromatic heterocycles. The Hall–Kier alpha value is -6.33. The van der Waals surface area contributed by atoms with Gasteiger partial charge in [0.1, 0.15) is 24.0 Å². The minimum absolute atomic E-state index is 0.00841. The largest absolute Gasteiger partial charge is 0.457 e. The van der Waals surface area contributed by atoms with Crippen LogP contribution in [0.3, 0.4) is 0 Å². The quantitative estimate of drug-likeness (QED) is 0.168. The number of aromatic nitrogens is 2. The second-order valence-electron chi connectivity index (χ2n) is 19.3. The number of aryl methyl sites for hydroxylation is 1.